The van der Waals surface area contributed by atoms with Gasteiger partial charge in [0.1, 0.15) is 0 Å². The minimum Gasteiger partial charge on any atom is -0.295 e. The lowest BCUT2D eigenvalue weighted by Gasteiger charge is -2.30. The van der Waals surface area contributed by atoms with Gasteiger partial charge in [-0.3, -0.25) is 4.79 Å². The zero-order chi connectivity index (χ0) is 8.34. The second-order valence-electron chi connectivity index (χ2n) is 4.47. The quantitative estimate of drug-likeness (QED) is 0.495. The van der Waals surface area contributed by atoms with Crippen molar-refractivity contribution in [3.63, 3.8) is 0 Å². The van der Waals surface area contributed by atoms with Gasteiger partial charge in [0.25, 0.3) is 0 Å². The van der Waals surface area contributed by atoms with E-state index in [1.807, 2.05) is 0 Å². The molecule has 0 amide bonds. The molecule has 0 aromatic carbocycles. The molecule has 12 heavy (non-hydrogen) atoms. The van der Waals surface area contributed by atoms with Crippen molar-refractivity contribution in [3.8, 4) is 0 Å². The van der Waals surface area contributed by atoms with Gasteiger partial charge in [0.05, 0.1) is 0 Å². The zero-order valence-electron chi connectivity index (χ0n) is 7.16. The predicted octanol–water partition coefficient (Wildman–Crippen LogP) is 1.95. The monoisotopic (exact) mass is 160 g/mol. The standard InChI is InChI=1S/C11H12O/c1-11-5-4-9(12)10(11)7-2-3-8(11)6-7/h2-5,7-8,10H,6H2,1H3/t7-,8+,10+,11+/m1/s1. The number of ketones is 1. The van der Waals surface area contributed by atoms with E-state index in [-0.39, 0.29) is 11.3 Å². The molecule has 0 unspecified atom stereocenters. The summed E-state index contributed by atoms with van der Waals surface area (Å²) in [6, 6.07) is 0. The van der Waals surface area contributed by atoms with Crippen LogP contribution >= 0.6 is 0 Å². The summed E-state index contributed by atoms with van der Waals surface area (Å²) in [4.78, 5) is 11.5. The van der Waals surface area contributed by atoms with Crippen LogP contribution in [0.3, 0.4) is 0 Å². The second-order valence-corrected chi connectivity index (χ2v) is 4.47. The van der Waals surface area contributed by atoms with Crippen molar-refractivity contribution in [2.45, 2.75) is 13.3 Å². The van der Waals surface area contributed by atoms with Crippen LogP contribution in [0.25, 0.3) is 0 Å². The zero-order valence-corrected chi connectivity index (χ0v) is 7.16. The van der Waals surface area contributed by atoms with E-state index < -0.39 is 0 Å². The summed E-state index contributed by atoms with van der Waals surface area (Å²) in [6.07, 6.45) is 9.66. The molecule has 1 fully saturated rings. The molecule has 1 nitrogen and oxygen atoms in total. The third kappa shape index (κ3) is 0.521. The van der Waals surface area contributed by atoms with Gasteiger partial charge in [-0.15, -0.1) is 0 Å². The summed E-state index contributed by atoms with van der Waals surface area (Å²) in [5.74, 6) is 1.82. The van der Waals surface area contributed by atoms with Gasteiger partial charge in [-0.25, -0.2) is 0 Å². The van der Waals surface area contributed by atoms with Crippen LogP contribution in [0, 0.1) is 23.2 Å². The molecule has 1 heteroatoms. The first-order valence-electron chi connectivity index (χ1n) is 4.63. The predicted molar refractivity (Wildman–Crippen MR) is 46.5 cm³/mol. The highest BCUT2D eigenvalue weighted by Crippen LogP contribution is 2.59. The van der Waals surface area contributed by atoms with Crippen molar-refractivity contribution in [3.05, 3.63) is 24.3 Å². The maximum absolute atomic E-state index is 11.5. The summed E-state index contributed by atoms with van der Waals surface area (Å²) in [5, 5.41) is 0. The van der Waals surface area contributed by atoms with Gasteiger partial charge < -0.3 is 0 Å². The Morgan fingerprint density at radius 2 is 2.33 bits per heavy atom. The molecule has 62 valence electrons. The highest BCUT2D eigenvalue weighted by molar-refractivity contribution is 5.96. The summed E-state index contributed by atoms with van der Waals surface area (Å²) < 4.78 is 0. The molecule has 0 radical (unpaired) electrons. The Hall–Kier alpha value is -0.850. The molecular formula is C11H12O. The molecule has 2 bridgehead atoms. The fourth-order valence-corrected chi connectivity index (χ4v) is 3.24. The van der Waals surface area contributed by atoms with Gasteiger partial charge in [0, 0.05) is 11.3 Å². The first kappa shape index (κ1) is 6.64. The molecule has 0 aromatic heterocycles. The lowest BCUT2D eigenvalue weighted by Crippen LogP contribution is -2.29. The number of allylic oxidation sites excluding steroid dienone is 4. The summed E-state index contributed by atoms with van der Waals surface area (Å²) in [6.45, 7) is 2.23. The number of carbonyl (C=O) groups excluding carboxylic acids is 1. The molecule has 0 heterocycles. The molecule has 1 saturated carbocycles. The summed E-state index contributed by atoms with van der Waals surface area (Å²) in [7, 11) is 0. The van der Waals surface area contributed by atoms with E-state index in [4.69, 9.17) is 0 Å². The minimum atomic E-state index is 0.177. The topological polar surface area (TPSA) is 17.1 Å². The van der Waals surface area contributed by atoms with Crippen LogP contribution in [-0.2, 0) is 4.79 Å². The Morgan fingerprint density at radius 1 is 1.50 bits per heavy atom. The highest BCUT2D eigenvalue weighted by atomic mass is 16.1. The van der Waals surface area contributed by atoms with Gasteiger partial charge in [-0.1, -0.05) is 25.2 Å². The van der Waals surface area contributed by atoms with E-state index in [2.05, 4.69) is 25.2 Å². The molecule has 3 aliphatic rings. The van der Waals surface area contributed by atoms with E-state index in [1.54, 1.807) is 6.08 Å². The number of fused-ring (bicyclic) bond motifs is 5. The Labute approximate surface area is 72.2 Å². The van der Waals surface area contributed by atoms with Crippen molar-refractivity contribution < 1.29 is 4.79 Å². The maximum Gasteiger partial charge on any atom is 0.159 e. The van der Waals surface area contributed by atoms with Crippen molar-refractivity contribution in [1.29, 1.82) is 0 Å². The van der Waals surface area contributed by atoms with Crippen molar-refractivity contribution in [2.75, 3.05) is 0 Å². The summed E-state index contributed by atoms with van der Waals surface area (Å²) in [5.41, 5.74) is 0.177. The average Bonchev–Trinajstić information content (AvgIpc) is 2.63. The Bertz CT molecular complexity index is 313. The second kappa shape index (κ2) is 1.73. The molecule has 0 aromatic rings. The highest BCUT2D eigenvalue weighted by Gasteiger charge is 2.56. The van der Waals surface area contributed by atoms with Crippen LogP contribution in [0.2, 0.25) is 0 Å². The molecule has 3 aliphatic carbocycles. The fourth-order valence-electron chi connectivity index (χ4n) is 3.24. The molecule has 0 N–H and O–H groups in total. The lowest BCUT2D eigenvalue weighted by molar-refractivity contribution is -0.120. The molecule has 0 saturated heterocycles. The number of carbonyl (C=O) groups is 1. The molecule has 4 atom stereocenters. The first-order chi connectivity index (χ1) is 5.72. The number of hydrogen-bond acceptors (Lipinski definition) is 1. The normalized spacial score (nSPS) is 53.8. The molecular weight excluding hydrogens is 148 g/mol. The van der Waals surface area contributed by atoms with Gasteiger partial charge in [-0.2, -0.15) is 0 Å². The minimum absolute atomic E-state index is 0.177. The largest absolute Gasteiger partial charge is 0.295 e. The van der Waals surface area contributed by atoms with E-state index in [0.717, 1.165) is 0 Å². The maximum atomic E-state index is 11.5. The van der Waals surface area contributed by atoms with Crippen molar-refractivity contribution in [1.82, 2.24) is 0 Å². The van der Waals surface area contributed by atoms with Crippen LogP contribution in [0.15, 0.2) is 24.3 Å². The third-order valence-electron chi connectivity index (χ3n) is 3.93. The van der Waals surface area contributed by atoms with Crippen molar-refractivity contribution >= 4 is 5.78 Å². The molecule has 0 aliphatic heterocycles. The molecule has 3 rings (SSSR count). The van der Waals surface area contributed by atoms with Gasteiger partial charge >= 0.3 is 0 Å². The van der Waals surface area contributed by atoms with Crippen LogP contribution in [0.1, 0.15) is 13.3 Å². The van der Waals surface area contributed by atoms with Gasteiger partial charge in [-0.05, 0) is 24.3 Å². The van der Waals surface area contributed by atoms with Crippen LogP contribution in [0.5, 0.6) is 0 Å². The van der Waals surface area contributed by atoms with Gasteiger partial charge in [0.2, 0.25) is 0 Å². The summed E-state index contributed by atoms with van der Waals surface area (Å²) >= 11 is 0. The smallest absolute Gasteiger partial charge is 0.159 e. The first-order valence-corrected chi connectivity index (χ1v) is 4.63. The van der Waals surface area contributed by atoms with E-state index >= 15 is 0 Å². The Balaban J connectivity index is 2.16. The number of rotatable bonds is 0. The van der Waals surface area contributed by atoms with Crippen molar-refractivity contribution in [2.24, 2.45) is 23.2 Å². The van der Waals surface area contributed by atoms with E-state index in [9.17, 15) is 4.79 Å². The Kier molecular flexibility index (Phi) is 0.959. The van der Waals surface area contributed by atoms with E-state index in [1.165, 1.54) is 6.42 Å². The van der Waals surface area contributed by atoms with Gasteiger partial charge in [0.15, 0.2) is 5.78 Å². The molecule has 0 spiro atoms. The van der Waals surface area contributed by atoms with Crippen LogP contribution in [-0.4, -0.2) is 5.78 Å². The van der Waals surface area contributed by atoms with Crippen LogP contribution in [0.4, 0.5) is 0 Å². The SMILES string of the molecule is C[C@@]12C=CC(=O)[C@@H]1[C@@H]1C=C[C@H]2C1. The fraction of sp³-hybridized carbons (Fsp3) is 0.545. The Morgan fingerprint density at radius 3 is 3.08 bits per heavy atom. The lowest BCUT2D eigenvalue weighted by atomic mass is 9.72. The number of hydrogen-bond donors (Lipinski definition) is 0. The third-order valence-corrected chi connectivity index (χ3v) is 3.93. The average molecular weight is 160 g/mol. The van der Waals surface area contributed by atoms with E-state index in [0.29, 0.717) is 17.6 Å². The van der Waals surface area contributed by atoms with Crippen LogP contribution < -0.4 is 0 Å².